The maximum absolute atomic E-state index is 10.6. The first-order valence-corrected chi connectivity index (χ1v) is 5.10. The highest BCUT2D eigenvalue weighted by atomic mass is 35.5. The molecule has 0 spiro atoms. The van der Waals surface area contributed by atoms with Crippen LogP contribution >= 0.6 is 11.6 Å². The number of methoxy groups -OCH3 is 1. The van der Waals surface area contributed by atoms with Crippen LogP contribution in [0.3, 0.4) is 0 Å². The molecule has 0 unspecified atom stereocenters. The van der Waals surface area contributed by atoms with Gasteiger partial charge in [0.25, 0.3) is 0 Å². The molecule has 0 amide bonds. The van der Waals surface area contributed by atoms with Crippen molar-refractivity contribution in [1.29, 1.82) is 0 Å². The number of halogens is 1. The van der Waals surface area contributed by atoms with E-state index in [1.807, 2.05) is 0 Å². The van der Waals surface area contributed by atoms with Crippen LogP contribution in [0.25, 0.3) is 0 Å². The van der Waals surface area contributed by atoms with Crippen LogP contribution in [0, 0.1) is 0 Å². The van der Waals surface area contributed by atoms with E-state index < -0.39 is 17.5 Å². The van der Waals surface area contributed by atoms with Crippen LogP contribution in [0.4, 0.5) is 5.69 Å². The molecule has 7 heteroatoms. The number of hydrogen-bond donors (Lipinski definition) is 3. The number of rotatable bonds is 5. The van der Waals surface area contributed by atoms with Crippen molar-refractivity contribution in [1.82, 2.24) is 0 Å². The second kappa shape index (κ2) is 5.92. The van der Waals surface area contributed by atoms with Crippen molar-refractivity contribution in [2.45, 2.75) is 0 Å². The van der Waals surface area contributed by atoms with E-state index in [1.165, 1.54) is 13.2 Å². The molecular weight excluding hydrogens is 262 g/mol. The van der Waals surface area contributed by atoms with Crippen molar-refractivity contribution in [3.63, 3.8) is 0 Å². The van der Waals surface area contributed by atoms with Gasteiger partial charge in [-0.2, -0.15) is 0 Å². The zero-order valence-corrected chi connectivity index (χ0v) is 10.1. The molecule has 0 bridgehead atoms. The van der Waals surface area contributed by atoms with Gasteiger partial charge in [-0.3, -0.25) is 0 Å². The quantitative estimate of drug-likeness (QED) is 0.429. The van der Waals surface area contributed by atoms with Gasteiger partial charge in [0, 0.05) is 11.9 Å². The second-order valence-corrected chi connectivity index (χ2v) is 3.57. The van der Waals surface area contributed by atoms with Gasteiger partial charge in [0.15, 0.2) is 5.57 Å². The highest BCUT2D eigenvalue weighted by Crippen LogP contribution is 2.27. The third-order valence-corrected chi connectivity index (χ3v) is 2.29. The fourth-order valence-electron chi connectivity index (χ4n) is 1.13. The lowest BCUT2D eigenvalue weighted by Crippen LogP contribution is -2.12. The summed E-state index contributed by atoms with van der Waals surface area (Å²) in [5.74, 6) is -2.60. The molecule has 0 aliphatic rings. The molecule has 1 rings (SSSR count). The highest BCUT2D eigenvalue weighted by Gasteiger charge is 2.15. The van der Waals surface area contributed by atoms with Crippen LogP contribution < -0.4 is 10.1 Å². The molecule has 96 valence electrons. The van der Waals surface area contributed by atoms with E-state index in [-0.39, 0.29) is 0 Å². The largest absolute Gasteiger partial charge is 0.495 e. The Kier molecular flexibility index (Phi) is 4.56. The van der Waals surface area contributed by atoms with Crippen molar-refractivity contribution in [3.05, 3.63) is 35.0 Å². The molecule has 6 nitrogen and oxygen atoms in total. The molecule has 0 atom stereocenters. The zero-order chi connectivity index (χ0) is 13.7. The van der Waals surface area contributed by atoms with Crippen LogP contribution in [0.2, 0.25) is 5.02 Å². The Morgan fingerprint density at radius 1 is 1.33 bits per heavy atom. The van der Waals surface area contributed by atoms with Crippen LogP contribution in [0.15, 0.2) is 30.0 Å². The van der Waals surface area contributed by atoms with E-state index >= 15 is 0 Å². The number of aliphatic carboxylic acids is 2. The average Bonchev–Trinajstić information content (AvgIpc) is 2.28. The summed E-state index contributed by atoms with van der Waals surface area (Å²) in [5.41, 5.74) is -0.331. The summed E-state index contributed by atoms with van der Waals surface area (Å²) >= 11 is 5.85. The number of carboxylic acid groups (broad SMARTS) is 2. The number of carboxylic acids is 2. The minimum atomic E-state index is -1.53. The molecule has 0 saturated heterocycles. The van der Waals surface area contributed by atoms with E-state index in [4.69, 9.17) is 26.6 Å². The predicted molar refractivity (Wildman–Crippen MR) is 65.0 cm³/mol. The number of anilines is 1. The van der Waals surface area contributed by atoms with Crippen molar-refractivity contribution in [2.75, 3.05) is 12.4 Å². The molecule has 0 fully saturated rings. The van der Waals surface area contributed by atoms with Crippen molar-refractivity contribution >= 4 is 29.2 Å². The van der Waals surface area contributed by atoms with Crippen molar-refractivity contribution in [3.8, 4) is 5.75 Å². The van der Waals surface area contributed by atoms with Crippen LogP contribution in [0.5, 0.6) is 5.75 Å². The number of benzene rings is 1. The number of hydrogen-bond acceptors (Lipinski definition) is 4. The summed E-state index contributed by atoms with van der Waals surface area (Å²) in [6.45, 7) is 0. The minimum Gasteiger partial charge on any atom is -0.495 e. The average molecular weight is 272 g/mol. The molecule has 0 aliphatic heterocycles. The monoisotopic (exact) mass is 271 g/mol. The van der Waals surface area contributed by atoms with Crippen LogP contribution in [-0.2, 0) is 9.59 Å². The van der Waals surface area contributed by atoms with E-state index in [0.717, 1.165) is 6.20 Å². The maximum Gasteiger partial charge on any atom is 0.344 e. The van der Waals surface area contributed by atoms with Gasteiger partial charge >= 0.3 is 11.9 Å². The van der Waals surface area contributed by atoms with Gasteiger partial charge in [0.2, 0.25) is 0 Å². The summed E-state index contributed by atoms with van der Waals surface area (Å²) in [6, 6.07) is 4.63. The standard InChI is InChI=1S/C11H10ClNO5/c1-18-9-3-2-6(4-8(9)12)13-5-7(10(14)15)11(16)17/h2-5,13H,1H3,(H,14,15)(H,16,17). The summed E-state index contributed by atoms with van der Waals surface area (Å²) in [4.78, 5) is 21.2. The fourth-order valence-corrected chi connectivity index (χ4v) is 1.38. The Labute approximate surface area is 107 Å². The molecule has 1 aromatic carbocycles. The molecule has 0 aliphatic carbocycles. The minimum absolute atomic E-state index is 0.322. The van der Waals surface area contributed by atoms with Gasteiger partial charge in [0.1, 0.15) is 5.75 Å². The Bertz CT molecular complexity index is 496. The van der Waals surface area contributed by atoms with Crippen LogP contribution in [-0.4, -0.2) is 29.3 Å². The summed E-state index contributed by atoms with van der Waals surface area (Å²) < 4.78 is 4.94. The third-order valence-electron chi connectivity index (χ3n) is 2.00. The normalized spacial score (nSPS) is 9.44. The topological polar surface area (TPSA) is 95.9 Å². The first-order valence-electron chi connectivity index (χ1n) is 4.72. The lowest BCUT2D eigenvalue weighted by Gasteiger charge is -2.06. The van der Waals surface area contributed by atoms with Gasteiger partial charge in [-0.1, -0.05) is 11.6 Å². The smallest absolute Gasteiger partial charge is 0.344 e. The summed E-state index contributed by atoms with van der Waals surface area (Å²) in [6.07, 6.45) is 0.878. The van der Waals surface area contributed by atoms with Crippen molar-refractivity contribution < 1.29 is 24.5 Å². The third kappa shape index (κ3) is 3.39. The maximum atomic E-state index is 10.6. The van der Waals surface area contributed by atoms with Gasteiger partial charge in [0.05, 0.1) is 12.1 Å². The molecule has 3 N–H and O–H groups in total. The Morgan fingerprint density at radius 3 is 2.39 bits per heavy atom. The molecule has 1 aromatic rings. The van der Waals surface area contributed by atoms with E-state index in [0.29, 0.717) is 16.5 Å². The molecule has 0 aromatic heterocycles. The Hall–Kier alpha value is -2.21. The number of nitrogens with one attached hydrogen (secondary N) is 1. The highest BCUT2D eigenvalue weighted by molar-refractivity contribution is 6.32. The molecule has 0 radical (unpaired) electrons. The van der Waals surface area contributed by atoms with Gasteiger partial charge < -0.3 is 20.3 Å². The number of ether oxygens (including phenoxy) is 1. The fraction of sp³-hybridized carbons (Fsp3) is 0.0909. The lowest BCUT2D eigenvalue weighted by molar-refractivity contribution is -0.140. The van der Waals surface area contributed by atoms with Gasteiger partial charge in [-0.15, -0.1) is 0 Å². The van der Waals surface area contributed by atoms with E-state index in [2.05, 4.69) is 5.32 Å². The van der Waals surface area contributed by atoms with Crippen LogP contribution in [0.1, 0.15) is 0 Å². The molecule has 0 saturated carbocycles. The summed E-state index contributed by atoms with van der Waals surface area (Å²) in [5, 5.41) is 20.1. The first kappa shape index (κ1) is 13.9. The predicted octanol–water partition coefficient (Wildman–Crippen LogP) is 1.81. The molecule has 18 heavy (non-hydrogen) atoms. The lowest BCUT2D eigenvalue weighted by atomic mass is 10.2. The first-order chi connectivity index (χ1) is 8.45. The zero-order valence-electron chi connectivity index (χ0n) is 9.31. The molecule has 0 heterocycles. The van der Waals surface area contributed by atoms with Gasteiger partial charge in [-0.25, -0.2) is 9.59 Å². The SMILES string of the molecule is COc1ccc(NC=C(C(=O)O)C(=O)O)cc1Cl. The second-order valence-electron chi connectivity index (χ2n) is 3.16. The van der Waals surface area contributed by atoms with E-state index in [9.17, 15) is 9.59 Å². The summed E-state index contributed by atoms with van der Waals surface area (Å²) in [7, 11) is 1.46. The van der Waals surface area contributed by atoms with Crippen molar-refractivity contribution in [2.24, 2.45) is 0 Å². The van der Waals surface area contributed by atoms with Gasteiger partial charge in [-0.05, 0) is 18.2 Å². The molecular formula is C11H10ClNO5. The number of carbonyl (C=O) groups is 2. The van der Waals surface area contributed by atoms with E-state index in [1.54, 1.807) is 12.1 Å². The Balaban J connectivity index is 2.91. The Morgan fingerprint density at radius 2 is 1.94 bits per heavy atom.